The molecule has 2 heterocycles. The van der Waals surface area contributed by atoms with Crippen molar-refractivity contribution in [1.29, 1.82) is 0 Å². The second kappa shape index (κ2) is 7.49. The highest BCUT2D eigenvalue weighted by atomic mass is 15.2. The van der Waals surface area contributed by atoms with Crippen LogP contribution in [0.1, 0.15) is 31.7 Å². The van der Waals surface area contributed by atoms with Crippen LogP contribution in [0.2, 0.25) is 0 Å². The predicted molar refractivity (Wildman–Crippen MR) is 75.7 cm³/mol. The second-order valence-electron chi connectivity index (χ2n) is 5.20. The Hall–Kier alpha value is -0.930. The Balaban J connectivity index is 1.72. The standard InChI is InChI=1S/C15H25N3/c1-2-8-17-15-4-3-11-18(13-15)12-7-14-5-9-16-10-6-14/h5-6,9-10,15,17H,2-4,7-8,11-13H2,1H3. The van der Waals surface area contributed by atoms with E-state index in [1.807, 2.05) is 12.4 Å². The molecule has 3 nitrogen and oxygen atoms in total. The molecule has 100 valence electrons. The van der Waals surface area contributed by atoms with Gasteiger partial charge in [0.25, 0.3) is 0 Å². The van der Waals surface area contributed by atoms with E-state index in [4.69, 9.17) is 0 Å². The van der Waals surface area contributed by atoms with Crippen LogP contribution in [0.4, 0.5) is 0 Å². The topological polar surface area (TPSA) is 28.2 Å². The Kier molecular flexibility index (Phi) is 5.62. The lowest BCUT2D eigenvalue weighted by atomic mass is 10.0. The number of hydrogen-bond donors (Lipinski definition) is 1. The average Bonchev–Trinajstić information content (AvgIpc) is 2.44. The van der Waals surface area contributed by atoms with Crippen molar-refractivity contribution in [3.05, 3.63) is 30.1 Å². The summed E-state index contributed by atoms with van der Waals surface area (Å²) in [6, 6.07) is 4.95. The molecule has 0 aromatic carbocycles. The fraction of sp³-hybridized carbons (Fsp3) is 0.667. The molecule has 2 rings (SSSR count). The first kappa shape index (κ1) is 13.5. The second-order valence-corrected chi connectivity index (χ2v) is 5.20. The van der Waals surface area contributed by atoms with Crippen molar-refractivity contribution in [1.82, 2.24) is 15.2 Å². The van der Waals surface area contributed by atoms with Gasteiger partial charge >= 0.3 is 0 Å². The molecule has 1 N–H and O–H groups in total. The van der Waals surface area contributed by atoms with Crippen LogP contribution < -0.4 is 5.32 Å². The number of likely N-dealkylation sites (tertiary alicyclic amines) is 1. The number of rotatable bonds is 6. The largest absolute Gasteiger partial charge is 0.313 e. The monoisotopic (exact) mass is 247 g/mol. The number of piperidine rings is 1. The molecule has 0 amide bonds. The Labute approximate surface area is 111 Å². The number of hydrogen-bond acceptors (Lipinski definition) is 3. The third-order valence-corrected chi connectivity index (χ3v) is 3.65. The van der Waals surface area contributed by atoms with Crippen LogP contribution in [-0.4, -0.2) is 42.1 Å². The van der Waals surface area contributed by atoms with Gasteiger partial charge in [-0.25, -0.2) is 0 Å². The first-order chi connectivity index (χ1) is 8.88. The summed E-state index contributed by atoms with van der Waals surface area (Å²) in [5, 5.41) is 3.65. The maximum absolute atomic E-state index is 4.06. The highest BCUT2D eigenvalue weighted by molar-refractivity contribution is 5.09. The lowest BCUT2D eigenvalue weighted by Crippen LogP contribution is -2.46. The van der Waals surface area contributed by atoms with Crippen LogP contribution in [-0.2, 0) is 6.42 Å². The van der Waals surface area contributed by atoms with Crippen molar-refractivity contribution in [2.45, 2.75) is 38.6 Å². The average molecular weight is 247 g/mol. The maximum Gasteiger partial charge on any atom is 0.0270 e. The van der Waals surface area contributed by atoms with E-state index in [0.717, 1.165) is 13.0 Å². The van der Waals surface area contributed by atoms with Gasteiger partial charge in [-0.1, -0.05) is 6.92 Å². The zero-order valence-corrected chi connectivity index (χ0v) is 11.4. The fourth-order valence-electron chi connectivity index (χ4n) is 2.61. The quantitative estimate of drug-likeness (QED) is 0.834. The summed E-state index contributed by atoms with van der Waals surface area (Å²) in [5.74, 6) is 0. The van der Waals surface area contributed by atoms with Gasteiger partial charge < -0.3 is 10.2 Å². The lowest BCUT2D eigenvalue weighted by molar-refractivity contribution is 0.193. The summed E-state index contributed by atoms with van der Waals surface area (Å²) in [6.45, 7) is 7.04. The fourth-order valence-corrected chi connectivity index (χ4v) is 2.61. The van der Waals surface area contributed by atoms with Crippen molar-refractivity contribution in [2.24, 2.45) is 0 Å². The number of nitrogens with zero attached hydrogens (tertiary/aromatic N) is 2. The van der Waals surface area contributed by atoms with Crippen molar-refractivity contribution < 1.29 is 0 Å². The third-order valence-electron chi connectivity index (χ3n) is 3.65. The van der Waals surface area contributed by atoms with Crippen molar-refractivity contribution in [2.75, 3.05) is 26.2 Å². The summed E-state index contributed by atoms with van der Waals surface area (Å²) >= 11 is 0. The predicted octanol–water partition coefficient (Wildman–Crippen LogP) is 2.09. The van der Waals surface area contributed by atoms with Crippen LogP contribution in [0.5, 0.6) is 0 Å². The zero-order valence-electron chi connectivity index (χ0n) is 11.4. The van der Waals surface area contributed by atoms with E-state index in [-0.39, 0.29) is 0 Å². The zero-order chi connectivity index (χ0) is 12.6. The molecule has 0 spiro atoms. The molecule has 1 aliphatic heterocycles. The SMILES string of the molecule is CCCNC1CCCN(CCc2ccncc2)C1. The van der Waals surface area contributed by atoms with Crippen molar-refractivity contribution >= 4 is 0 Å². The summed E-state index contributed by atoms with van der Waals surface area (Å²) in [6.07, 6.45) is 8.81. The van der Waals surface area contributed by atoms with Crippen LogP contribution in [0.15, 0.2) is 24.5 Å². The minimum atomic E-state index is 0.705. The smallest absolute Gasteiger partial charge is 0.0270 e. The van der Waals surface area contributed by atoms with E-state index in [2.05, 4.69) is 34.3 Å². The number of aromatic nitrogens is 1. The molecule has 18 heavy (non-hydrogen) atoms. The molecule has 1 unspecified atom stereocenters. The molecule has 1 atom stereocenters. The van der Waals surface area contributed by atoms with Crippen LogP contribution in [0.25, 0.3) is 0 Å². The molecular weight excluding hydrogens is 222 g/mol. The normalized spacial score (nSPS) is 21.1. The minimum absolute atomic E-state index is 0.705. The maximum atomic E-state index is 4.06. The Morgan fingerprint density at radius 1 is 1.39 bits per heavy atom. The minimum Gasteiger partial charge on any atom is -0.313 e. The van der Waals surface area contributed by atoms with Crippen LogP contribution >= 0.6 is 0 Å². The van der Waals surface area contributed by atoms with Crippen molar-refractivity contribution in [3.8, 4) is 0 Å². The Morgan fingerprint density at radius 3 is 3.00 bits per heavy atom. The molecule has 1 aromatic heterocycles. The van der Waals surface area contributed by atoms with Crippen molar-refractivity contribution in [3.63, 3.8) is 0 Å². The molecule has 1 aromatic rings. The van der Waals surface area contributed by atoms with E-state index in [9.17, 15) is 0 Å². The first-order valence-electron chi connectivity index (χ1n) is 7.23. The van der Waals surface area contributed by atoms with Gasteiger partial charge in [0.1, 0.15) is 0 Å². The molecule has 0 radical (unpaired) electrons. The van der Waals surface area contributed by atoms with E-state index < -0.39 is 0 Å². The first-order valence-corrected chi connectivity index (χ1v) is 7.23. The molecule has 1 aliphatic rings. The molecular formula is C15H25N3. The van der Waals surface area contributed by atoms with E-state index in [0.29, 0.717) is 6.04 Å². The Morgan fingerprint density at radius 2 is 2.22 bits per heavy atom. The number of nitrogens with one attached hydrogen (secondary N) is 1. The molecule has 1 fully saturated rings. The van der Waals surface area contributed by atoms with Gasteiger partial charge in [0, 0.05) is 31.5 Å². The molecule has 0 saturated carbocycles. The molecule has 0 aliphatic carbocycles. The number of pyridine rings is 1. The summed E-state index contributed by atoms with van der Waals surface area (Å²) in [7, 11) is 0. The van der Waals surface area contributed by atoms with Gasteiger partial charge in [-0.05, 0) is 56.5 Å². The van der Waals surface area contributed by atoms with E-state index in [1.54, 1.807) is 0 Å². The van der Waals surface area contributed by atoms with Gasteiger partial charge in [0.15, 0.2) is 0 Å². The lowest BCUT2D eigenvalue weighted by Gasteiger charge is -2.33. The van der Waals surface area contributed by atoms with E-state index in [1.165, 1.54) is 44.5 Å². The van der Waals surface area contributed by atoms with Crippen LogP contribution in [0.3, 0.4) is 0 Å². The van der Waals surface area contributed by atoms with Gasteiger partial charge in [-0.3, -0.25) is 4.98 Å². The summed E-state index contributed by atoms with van der Waals surface area (Å²) in [4.78, 5) is 6.66. The molecule has 0 bridgehead atoms. The van der Waals surface area contributed by atoms with Gasteiger partial charge in [0.05, 0.1) is 0 Å². The highest BCUT2D eigenvalue weighted by Crippen LogP contribution is 2.11. The molecule has 3 heteroatoms. The van der Waals surface area contributed by atoms with Crippen LogP contribution in [0, 0.1) is 0 Å². The Bertz CT molecular complexity index is 326. The summed E-state index contributed by atoms with van der Waals surface area (Å²) in [5.41, 5.74) is 1.40. The van der Waals surface area contributed by atoms with Gasteiger partial charge in [0.2, 0.25) is 0 Å². The summed E-state index contributed by atoms with van der Waals surface area (Å²) < 4.78 is 0. The molecule has 1 saturated heterocycles. The third kappa shape index (κ3) is 4.39. The van der Waals surface area contributed by atoms with Gasteiger partial charge in [-0.15, -0.1) is 0 Å². The highest BCUT2D eigenvalue weighted by Gasteiger charge is 2.18. The van der Waals surface area contributed by atoms with E-state index >= 15 is 0 Å². The van der Waals surface area contributed by atoms with Gasteiger partial charge in [-0.2, -0.15) is 0 Å².